The smallest absolute Gasteiger partial charge is 0.115 e. The summed E-state index contributed by atoms with van der Waals surface area (Å²) in [5, 5.41) is 8.58. The number of nitriles is 1. The predicted octanol–water partition coefficient (Wildman–Crippen LogP) is 1.87. The lowest BCUT2D eigenvalue weighted by atomic mass is 10.1. The number of hydrogen-bond donors (Lipinski definition) is 0. The molecule has 1 heterocycles. The van der Waals surface area contributed by atoms with E-state index in [4.69, 9.17) is 5.26 Å². The Labute approximate surface area is 73.2 Å². The Bertz CT molecular complexity index is 292. The summed E-state index contributed by atoms with van der Waals surface area (Å²) in [5.41, 5.74) is 0.738. The first-order chi connectivity index (χ1) is 5.25. The minimum atomic E-state index is -0.188. The third kappa shape index (κ3) is 1.75. The molecular weight excluding hydrogens is 206 g/mol. The van der Waals surface area contributed by atoms with Crippen LogP contribution in [0.4, 0.5) is 0 Å². The Balaban J connectivity index is 3.05. The number of halogens is 1. The van der Waals surface area contributed by atoms with E-state index >= 15 is 0 Å². The predicted molar refractivity (Wildman–Crippen MR) is 43.8 cm³/mol. The largest absolute Gasteiger partial charge is 0.244 e. The van der Waals surface area contributed by atoms with Crippen molar-refractivity contribution in [2.45, 2.75) is 12.8 Å². The van der Waals surface area contributed by atoms with E-state index in [1.54, 1.807) is 13.1 Å². The van der Waals surface area contributed by atoms with Gasteiger partial charge in [-0.3, -0.25) is 0 Å². The molecule has 0 amide bonds. The van der Waals surface area contributed by atoms with Crippen molar-refractivity contribution in [3.05, 3.63) is 22.7 Å². The molecule has 0 saturated carbocycles. The lowest BCUT2D eigenvalue weighted by Gasteiger charge is -2.01. The third-order valence-corrected chi connectivity index (χ3v) is 1.91. The zero-order valence-electron chi connectivity index (χ0n) is 5.95. The van der Waals surface area contributed by atoms with Crippen LogP contribution in [0.5, 0.6) is 0 Å². The monoisotopic (exact) mass is 211 g/mol. The van der Waals surface area contributed by atoms with Crippen LogP contribution in [0.2, 0.25) is 0 Å². The van der Waals surface area contributed by atoms with Crippen molar-refractivity contribution in [1.29, 1.82) is 5.26 Å². The first-order valence-corrected chi connectivity index (χ1v) is 3.90. The van der Waals surface area contributed by atoms with Crippen LogP contribution in [0.1, 0.15) is 18.5 Å². The van der Waals surface area contributed by atoms with E-state index in [1.807, 2.05) is 0 Å². The second-order valence-electron chi connectivity index (χ2n) is 2.11. The van der Waals surface area contributed by atoms with E-state index in [1.165, 1.54) is 6.33 Å². The van der Waals surface area contributed by atoms with Gasteiger partial charge in [-0.05, 0) is 22.9 Å². The maximum atomic E-state index is 8.58. The Morgan fingerprint density at radius 3 is 3.00 bits per heavy atom. The normalized spacial score (nSPS) is 12.1. The van der Waals surface area contributed by atoms with Crippen molar-refractivity contribution < 1.29 is 0 Å². The van der Waals surface area contributed by atoms with Gasteiger partial charge in [-0.2, -0.15) is 5.26 Å². The summed E-state index contributed by atoms with van der Waals surface area (Å²) >= 11 is 3.26. The molecule has 0 aromatic carbocycles. The van der Waals surface area contributed by atoms with Crippen molar-refractivity contribution in [2.24, 2.45) is 0 Å². The third-order valence-electron chi connectivity index (χ3n) is 1.30. The summed E-state index contributed by atoms with van der Waals surface area (Å²) in [6.45, 7) is 1.80. The van der Waals surface area contributed by atoms with Crippen molar-refractivity contribution in [1.82, 2.24) is 9.97 Å². The number of nitrogens with zero attached hydrogens (tertiary/aromatic N) is 3. The number of aromatic nitrogens is 2. The van der Waals surface area contributed by atoms with Gasteiger partial charge in [0, 0.05) is 6.20 Å². The average Bonchev–Trinajstić information content (AvgIpc) is 2.04. The van der Waals surface area contributed by atoms with Gasteiger partial charge < -0.3 is 0 Å². The van der Waals surface area contributed by atoms with Gasteiger partial charge in [-0.25, -0.2) is 9.97 Å². The van der Waals surface area contributed by atoms with Gasteiger partial charge in [0.25, 0.3) is 0 Å². The fourth-order valence-corrected chi connectivity index (χ4v) is 1.27. The van der Waals surface area contributed by atoms with Gasteiger partial charge in [0.1, 0.15) is 6.33 Å². The Kier molecular flexibility index (Phi) is 2.55. The summed E-state index contributed by atoms with van der Waals surface area (Å²) in [5.74, 6) is -0.188. The molecule has 0 aliphatic heterocycles. The van der Waals surface area contributed by atoms with E-state index < -0.39 is 0 Å². The summed E-state index contributed by atoms with van der Waals surface area (Å²) < 4.78 is 0.786. The quantitative estimate of drug-likeness (QED) is 0.713. The molecule has 0 radical (unpaired) electrons. The Morgan fingerprint density at radius 1 is 1.73 bits per heavy atom. The second-order valence-corrected chi connectivity index (χ2v) is 2.96. The minimum absolute atomic E-state index is 0.188. The summed E-state index contributed by atoms with van der Waals surface area (Å²) in [7, 11) is 0. The van der Waals surface area contributed by atoms with E-state index in [-0.39, 0.29) is 5.92 Å². The zero-order chi connectivity index (χ0) is 8.27. The maximum absolute atomic E-state index is 8.58. The van der Waals surface area contributed by atoms with Crippen LogP contribution in [0.25, 0.3) is 0 Å². The highest BCUT2D eigenvalue weighted by Gasteiger charge is 2.08. The zero-order valence-corrected chi connectivity index (χ0v) is 7.54. The lowest BCUT2D eigenvalue weighted by molar-refractivity contribution is 0.892. The maximum Gasteiger partial charge on any atom is 0.115 e. The summed E-state index contributed by atoms with van der Waals surface area (Å²) in [4.78, 5) is 7.76. The number of hydrogen-bond acceptors (Lipinski definition) is 3. The first-order valence-electron chi connectivity index (χ1n) is 3.10. The van der Waals surface area contributed by atoms with Gasteiger partial charge in [0.2, 0.25) is 0 Å². The van der Waals surface area contributed by atoms with Crippen molar-refractivity contribution in [3.63, 3.8) is 0 Å². The van der Waals surface area contributed by atoms with Gasteiger partial charge in [-0.1, -0.05) is 0 Å². The van der Waals surface area contributed by atoms with Crippen LogP contribution in [-0.2, 0) is 0 Å². The molecule has 1 aromatic heterocycles. The van der Waals surface area contributed by atoms with Crippen LogP contribution in [-0.4, -0.2) is 9.97 Å². The van der Waals surface area contributed by atoms with E-state index in [0.29, 0.717) is 0 Å². The highest BCUT2D eigenvalue weighted by atomic mass is 79.9. The summed E-state index contributed by atoms with van der Waals surface area (Å²) in [6.07, 6.45) is 3.07. The Hall–Kier alpha value is -0.950. The van der Waals surface area contributed by atoms with Crippen molar-refractivity contribution in [2.75, 3.05) is 0 Å². The van der Waals surface area contributed by atoms with Gasteiger partial charge in [0.05, 0.1) is 22.2 Å². The molecule has 0 fully saturated rings. The van der Waals surface area contributed by atoms with Crippen LogP contribution in [0, 0.1) is 11.3 Å². The van der Waals surface area contributed by atoms with Crippen LogP contribution in [0.15, 0.2) is 17.0 Å². The minimum Gasteiger partial charge on any atom is -0.244 e. The average molecular weight is 212 g/mol. The van der Waals surface area contributed by atoms with Crippen molar-refractivity contribution >= 4 is 15.9 Å². The molecule has 4 heteroatoms. The second kappa shape index (κ2) is 3.44. The van der Waals surface area contributed by atoms with Crippen molar-refractivity contribution in [3.8, 4) is 6.07 Å². The molecule has 0 N–H and O–H groups in total. The molecule has 11 heavy (non-hydrogen) atoms. The Morgan fingerprint density at radius 2 is 2.45 bits per heavy atom. The topological polar surface area (TPSA) is 49.6 Å². The SMILES string of the molecule is CC(C#N)c1ncncc1Br. The molecule has 1 atom stereocenters. The number of rotatable bonds is 1. The molecule has 1 unspecified atom stereocenters. The van der Waals surface area contributed by atoms with Gasteiger partial charge in [0.15, 0.2) is 0 Å². The van der Waals surface area contributed by atoms with E-state index in [2.05, 4.69) is 32.0 Å². The molecule has 1 aromatic rings. The van der Waals surface area contributed by atoms with Crippen LogP contribution in [0.3, 0.4) is 0 Å². The van der Waals surface area contributed by atoms with Crippen LogP contribution < -0.4 is 0 Å². The summed E-state index contributed by atoms with van der Waals surface area (Å²) in [6, 6.07) is 2.10. The lowest BCUT2D eigenvalue weighted by Crippen LogP contribution is -1.95. The molecule has 0 bridgehead atoms. The first kappa shape index (κ1) is 8.15. The molecule has 1 rings (SSSR count). The fourth-order valence-electron chi connectivity index (χ4n) is 0.702. The van der Waals surface area contributed by atoms with E-state index in [9.17, 15) is 0 Å². The van der Waals surface area contributed by atoms with Gasteiger partial charge in [-0.15, -0.1) is 0 Å². The standard InChI is InChI=1S/C7H6BrN3/c1-5(2-9)7-6(8)3-10-4-11-7/h3-5H,1H3. The fraction of sp³-hybridized carbons (Fsp3) is 0.286. The molecule has 0 aliphatic rings. The van der Waals surface area contributed by atoms with E-state index in [0.717, 1.165) is 10.2 Å². The van der Waals surface area contributed by atoms with Crippen LogP contribution >= 0.6 is 15.9 Å². The van der Waals surface area contributed by atoms with Gasteiger partial charge >= 0.3 is 0 Å². The molecular formula is C7H6BrN3. The molecule has 0 spiro atoms. The molecule has 3 nitrogen and oxygen atoms in total. The molecule has 0 saturated heterocycles. The molecule has 56 valence electrons. The molecule has 0 aliphatic carbocycles. The highest BCUT2D eigenvalue weighted by molar-refractivity contribution is 9.10. The highest BCUT2D eigenvalue weighted by Crippen LogP contribution is 2.19.